The van der Waals surface area contributed by atoms with Crippen molar-refractivity contribution in [3.63, 3.8) is 0 Å². The highest BCUT2D eigenvalue weighted by atomic mass is 32.1. The van der Waals surface area contributed by atoms with Crippen molar-refractivity contribution < 1.29 is 15.0 Å². The second-order valence-corrected chi connectivity index (χ2v) is 6.42. The SMILES string of the molecule is Cc1c(C(=O)O)sc2nc(-c3ccccc3)nc(N(C)CCO)c12. The van der Waals surface area contributed by atoms with Gasteiger partial charge in [-0.05, 0) is 12.5 Å². The molecular formula is C17H17N3O3S. The normalized spacial score (nSPS) is 11.0. The van der Waals surface area contributed by atoms with Crippen molar-refractivity contribution in [3.8, 4) is 11.4 Å². The second kappa shape index (κ2) is 6.54. The molecule has 0 unspecified atom stereocenters. The van der Waals surface area contributed by atoms with Crippen molar-refractivity contribution in [1.82, 2.24) is 9.97 Å². The lowest BCUT2D eigenvalue weighted by atomic mass is 10.1. The average Bonchev–Trinajstić information content (AvgIpc) is 2.92. The molecule has 0 spiro atoms. The molecule has 0 atom stereocenters. The molecule has 0 radical (unpaired) electrons. The first-order valence-electron chi connectivity index (χ1n) is 7.44. The van der Waals surface area contributed by atoms with E-state index < -0.39 is 5.97 Å². The van der Waals surface area contributed by atoms with Crippen LogP contribution >= 0.6 is 11.3 Å². The maximum absolute atomic E-state index is 11.5. The Morgan fingerprint density at radius 2 is 1.96 bits per heavy atom. The van der Waals surface area contributed by atoms with Crippen LogP contribution < -0.4 is 4.90 Å². The lowest BCUT2D eigenvalue weighted by molar-refractivity contribution is 0.0701. The van der Waals surface area contributed by atoms with E-state index in [0.717, 1.165) is 22.3 Å². The van der Waals surface area contributed by atoms with E-state index in [1.807, 2.05) is 42.3 Å². The number of hydrogen-bond donors (Lipinski definition) is 2. The number of aliphatic hydroxyl groups is 1. The number of aromatic nitrogens is 2. The van der Waals surface area contributed by atoms with E-state index in [4.69, 9.17) is 0 Å². The van der Waals surface area contributed by atoms with Crippen molar-refractivity contribution in [3.05, 3.63) is 40.8 Å². The average molecular weight is 343 g/mol. The van der Waals surface area contributed by atoms with Gasteiger partial charge in [0.15, 0.2) is 5.82 Å². The van der Waals surface area contributed by atoms with Gasteiger partial charge in [0.25, 0.3) is 0 Å². The molecule has 7 heteroatoms. The smallest absolute Gasteiger partial charge is 0.346 e. The summed E-state index contributed by atoms with van der Waals surface area (Å²) in [6.07, 6.45) is 0. The predicted molar refractivity (Wildman–Crippen MR) is 94.9 cm³/mol. The van der Waals surface area contributed by atoms with Crippen LogP contribution in [-0.4, -0.2) is 46.3 Å². The van der Waals surface area contributed by atoms with E-state index in [9.17, 15) is 15.0 Å². The second-order valence-electron chi connectivity index (χ2n) is 5.42. The van der Waals surface area contributed by atoms with Gasteiger partial charge in [-0.25, -0.2) is 14.8 Å². The first-order chi connectivity index (χ1) is 11.5. The number of aryl methyl sites for hydroxylation is 1. The Kier molecular flexibility index (Phi) is 4.46. The monoisotopic (exact) mass is 343 g/mol. The number of aliphatic hydroxyl groups excluding tert-OH is 1. The van der Waals surface area contributed by atoms with Crippen LogP contribution in [0.2, 0.25) is 0 Å². The van der Waals surface area contributed by atoms with E-state index in [-0.39, 0.29) is 11.5 Å². The third-order valence-corrected chi connectivity index (χ3v) is 4.97. The number of carboxylic acids is 1. The van der Waals surface area contributed by atoms with Crippen LogP contribution in [0.3, 0.4) is 0 Å². The van der Waals surface area contributed by atoms with Crippen molar-refractivity contribution in [2.24, 2.45) is 0 Å². The fourth-order valence-corrected chi connectivity index (χ4v) is 3.58. The van der Waals surface area contributed by atoms with Gasteiger partial charge in [0.1, 0.15) is 15.5 Å². The van der Waals surface area contributed by atoms with E-state index >= 15 is 0 Å². The van der Waals surface area contributed by atoms with Crippen molar-refractivity contribution in [1.29, 1.82) is 0 Å². The number of hydrogen-bond acceptors (Lipinski definition) is 6. The number of thiophene rings is 1. The third kappa shape index (κ3) is 2.83. The van der Waals surface area contributed by atoms with Gasteiger partial charge in [0.2, 0.25) is 0 Å². The molecule has 2 N–H and O–H groups in total. The quantitative estimate of drug-likeness (QED) is 0.741. The molecule has 3 aromatic rings. The van der Waals surface area contributed by atoms with Crippen LogP contribution in [0.25, 0.3) is 21.6 Å². The van der Waals surface area contributed by atoms with Crippen LogP contribution in [0.5, 0.6) is 0 Å². The standard InChI is InChI=1S/C17H17N3O3S/c1-10-12-15(20(2)8-9-21)18-14(11-6-4-3-5-7-11)19-16(12)24-13(10)17(22)23/h3-7,21H,8-9H2,1-2H3,(H,22,23). The minimum absolute atomic E-state index is 0.0162. The number of fused-ring (bicyclic) bond motifs is 1. The Bertz CT molecular complexity index is 893. The summed E-state index contributed by atoms with van der Waals surface area (Å²) in [5, 5.41) is 19.4. The van der Waals surface area contributed by atoms with E-state index in [2.05, 4.69) is 9.97 Å². The Morgan fingerprint density at radius 3 is 2.58 bits per heavy atom. The summed E-state index contributed by atoms with van der Waals surface area (Å²) in [7, 11) is 1.82. The zero-order valence-electron chi connectivity index (χ0n) is 13.4. The number of benzene rings is 1. The van der Waals surface area contributed by atoms with Crippen LogP contribution in [0, 0.1) is 6.92 Å². The van der Waals surface area contributed by atoms with Crippen molar-refractivity contribution in [2.45, 2.75) is 6.92 Å². The number of aromatic carboxylic acids is 1. The summed E-state index contributed by atoms with van der Waals surface area (Å²) < 4.78 is 0. The third-order valence-electron chi connectivity index (χ3n) is 3.79. The Hall–Kier alpha value is -2.51. The maximum atomic E-state index is 11.5. The molecule has 24 heavy (non-hydrogen) atoms. The number of carboxylic acid groups (broad SMARTS) is 1. The summed E-state index contributed by atoms with van der Waals surface area (Å²) in [4.78, 5) is 23.4. The molecule has 0 amide bonds. The molecule has 1 aromatic carbocycles. The Labute approximate surface area is 143 Å². The molecule has 124 valence electrons. The van der Waals surface area contributed by atoms with Crippen LogP contribution in [-0.2, 0) is 0 Å². The lowest BCUT2D eigenvalue weighted by Gasteiger charge is -2.19. The van der Waals surface area contributed by atoms with Gasteiger partial charge in [-0.3, -0.25) is 0 Å². The molecule has 2 aromatic heterocycles. The summed E-state index contributed by atoms with van der Waals surface area (Å²) in [5.74, 6) is 0.211. The molecule has 3 rings (SSSR count). The zero-order valence-corrected chi connectivity index (χ0v) is 14.2. The molecule has 0 aliphatic rings. The molecule has 6 nitrogen and oxygen atoms in total. The zero-order chi connectivity index (χ0) is 17.3. The Morgan fingerprint density at radius 1 is 1.25 bits per heavy atom. The van der Waals surface area contributed by atoms with Gasteiger partial charge in [-0.1, -0.05) is 30.3 Å². The number of rotatable bonds is 5. The highest BCUT2D eigenvalue weighted by Crippen LogP contribution is 2.36. The highest BCUT2D eigenvalue weighted by molar-refractivity contribution is 7.20. The van der Waals surface area contributed by atoms with Crippen LogP contribution in [0.4, 0.5) is 5.82 Å². The number of nitrogens with zero attached hydrogens (tertiary/aromatic N) is 3. The minimum atomic E-state index is -0.965. The molecular weight excluding hydrogens is 326 g/mol. The summed E-state index contributed by atoms with van der Waals surface area (Å²) >= 11 is 1.15. The largest absolute Gasteiger partial charge is 0.477 e. The maximum Gasteiger partial charge on any atom is 0.346 e. The molecule has 0 aliphatic carbocycles. The number of carbonyl (C=O) groups is 1. The van der Waals surface area contributed by atoms with Crippen LogP contribution in [0.1, 0.15) is 15.2 Å². The predicted octanol–water partition coefficient (Wildman–Crippen LogP) is 2.79. The topological polar surface area (TPSA) is 86.5 Å². The molecule has 0 saturated heterocycles. The van der Waals surface area contributed by atoms with Gasteiger partial charge in [0, 0.05) is 19.2 Å². The lowest BCUT2D eigenvalue weighted by Crippen LogP contribution is -2.23. The molecule has 0 saturated carbocycles. The van der Waals surface area contributed by atoms with E-state index in [1.54, 1.807) is 6.92 Å². The van der Waals surface area contributed by atoms with E-state index in [1.165, 1.54) is 0 Å². The Balaban J connectivity index is 2.29. The molecule has 0 fully saturated rings. The summed E-state index contributed by atoms with van der Waals surface area (Å²) in [5.41, 5.74) is 1.52. The molecule has 0 aliphatic heterocycles. The molecule has 2 heterocycles. The van der Waals surface area contributed by atoms with Gasteiger partial charge >= 0.3 is 5.97 Å². The van der Waals surface area contributed by atoms with Crippen molar-refractivity contribution >= 4 is 33.3 Å². The van der Waals surface area contributed by atoms with Gasteiger partial charge in [0.05, 0.1) is 12.0 Å². The van der Waals surface area contributed by atoms with Gasteiger partial charge in [-0.2, -0.15) is 0 Å². The van der Waals surface area contributed by atoms with Gasteiger partial charge in [-0.15, -0.1) is 11.3 Å². The fraction of sp³-hybridized carbons (Fsp3) is 0.235. The summed E-state index contributed by atoms with van der Waals surface area (Å²) in [6, 6.07) is 9.55. The van der Waals surface area contributed by atoms with Gasteiger partial charge < -0.3 is 15.1 Å². The van der Waals surface area contributed by atoms with Crippen LogP contribution in [0.15, 0.2) is 30.3 Å². The summed E-state index contributed by atoms with van der Waals surface area (Å²) in [6.45, 7) is 2.15. The highest BCUT2D eigenvalue weighted by Gasteiger charge is 2.22. The minimum Gasteiger partial charge on any atom is -0.477 e. The number of anilines is 1. The van der Waals surface area contributed by atoms with Crippen molar-refractivity contribution in [2.75, 3.05) is 25.1 Å². The fourth-order valence-electron chi connectivity index (χ4n) is 2.57. The first-order valence-corrected chi connectivity index (χ1v) is 8.26. The first kappa shape index (κ1) is 16.4. The number of likely N-dealkylation sites (N-methyl/N-ethyl adjacent to an activating group) is 1. The molecule has 0 bridgehead atoms. The van der Waals surface area contributed by atoms with E-state index in [0.29, 0.717) is 28.6 Å².